The van der Waals surface area contributed by atoms with E-state index < -0.39 is 0 Å². The number of fused-ring (bicyclic) bond motifs is 2. The molecule has 0 heterocycles. The molecular formula is C21H14O3. The molecule has 3 aromatic rings. The van der Waals surface area contributed by atoms with Gasteiger partial charge in [0.1, 0.15) is 5.75 Å². The molecule has 0 aromatic heterocycles. The van der Waals surface area contributed by atoms with Gasteiger partial charge in [-0.05, 0) is 11.6 Å². The molecule has 0 fully saturated rings. The van der Waals surface area contributed by atoms with E-state index in [-0.39, 0.29) is 11.6 Å². The van der Waals surface area contributed by atoms with Crippen molar-refractivity contribution in [3.05, 3.63) is 89.0 Å². The Morgan fingerprint density at radius 2 is 1.12 bits per heavy atom. The fourth-order valence-electron chi connectivity index (χ4n) is 3.24. The summed E-state index contributed by atoms with van der Waals surface area (Å²) in [5.41, 5.74) is 3.34. The number of methoxy groups -OCH3 is 1. The van der Waals surface area contributed by atoms with Crippen LogP contribution in [0.5, 0.6) is 5.75 Å². The first-order chi connectivity index (χ1) is 11.7. The molecule has 3 heteroatoms. The molecule has 0 radical (unpaired) electrons. The number of ketones is 2. The second-order valence-electron chi connectivity index (χ2n) is 5.63. The summed E-state index contributed by atoms with van der Waals surface area (Å²) in [5.74, 6) is 0.434. The molecule has 0 atom stereocenters. The molecule has 24 heavy (non-hydrogen) atoms. The van der Waals surface area contributed by atoms with Crippen molar-refractivity contribution in [2.24, 2.45) is 0 Å². The SMILES string of the molecule is COc1ccccc1-c1cccc2c1C(=O)c1ccccc1C2=O. The van der Waals surface area contributed by atoms with Gasteiger partial charge in [-0.3, -0.25) is 9.59 Å². The molecule has 3 aromatic carbocycles. The quantitative estimate of drug-likeness (QED) is 0.558. The van der Waals surface area contributed by atoms with Gasteiger partial charge in [-0.1, -0.05) is 60.7 Å². The number of para-hydroxylation sites is 1. The normalized spacial score (nSPS) is 12.5. The van der Waals surface area contributed by atoms with E-state index in [1.807, 2.05) is 30.3 Å². The van der Waals surface area contributed by atoms with Crippen LogP contribution in [0, 0.1) is 0 Å². The number of hydrogen-bond acceptors (Lipinski definition) is 3. The van der Waals surface area contributed by atoms with Gasteiger partial charge in [-0.25, -0.2) is 0 Å². The first-order valence-corrected chi connectivity index (χ1v) is 7.67. The van der Waals surface area contributed by atoms with Crippen LogP contribution in [0.15, 0.2) is 66.7 Å². The lowest BCUT2D eigenvalue weighted by Crippen LogP contribution is -2.21. The second-order valence-corrected chi connectivity index (χ2v) is 5.63. The van der Waals surface area contributed by atoms with E-state index in [1.165, 1.54) is 0 Å². The Hall–Kier alpha value is -3.20. The fourth-order valence-corrected chi connectivity index (χ4v) is 3.24. The molecule has 3 nitrogen and oxygen atoms in total. The van der Waals surface area contributed by atoms with Crippen molar-refractivity contribution < 1.29 is 14.3 Å². The summed E-state index contributed by atoms with van der Waals surface area (Å²) in [5, 5.41) is 0. The molecular weight excluding hydrogens is 300 g/mol. The maximum atomic E-state index is 13.1. The highest BCUT2D eigenvalue weighted by Crippen LogP contribution is 2.37. The summed E-state index contributed by atoms with van der Waals surface area (Å²) < 4.78 is 5.43. The lowest BCUT2D eigenvalue weighted by atomic mass is 9.80. The predicted molar refractivity (Wildman–Crippen MR) is 91.7 cm³/mol. The average molecular weight is 314 g/mol. The zero-order valence-corrected chi connectivity index (χ0v) is 13.1. The zero-order chi connectivity index (χ0) is 16.7. The van der Waals surface area contributed by atoms with Crippen molar-refractivity contribution in [3.8, 4) is 16.9 Å². The molecule has 0 aliphatic heterocycles. The van der Waals surface area contributed by atoms with Crippen LogP contribution in [0.4, 0.5) is 0 Å². The third-order valence-corrected chi connectivity index (χ3v) is 4.35. The summed E-state index contributed by atoms with van der Waals surface area (Å²) in [7, 11) is 1.59. The number of rotatable bonds is 2. The van der Waals surface area contributed by atoms with Crippen LogP contribution in [0.1, 0.15) is 31.8 Å². The Kier molecular flexibility index (Phi) is 3.28. The van der Waals surface area contributed by atoms with Crippen molar-refractivity contribution >= 4 is 11.6 Å². The molecule has 4 rings (SSSR count). The van der Waals surface area contributed by atoms with Crippen molar-refractivity contribution in [1.82, 2.24) is 0 Å². The van der Waals surface area contributed by atoms with Crippen LogP contribution in [0.3, 0.4) is 0 Å². The highest BCUT2D eigenvalue weighted by molar-refractivity contribution is 6.30. The standard InChI is InChI=1S/C21H14O3/c1-24-18-12-5-4-7-13(18)14-10-6-11-17-19(14)21(23)16-9-3-2-8-15(16)20(17)22/h2-12H,1H3. The maximum absolute atomic E-state index is 13.1. The summed E-state index contributed by atoms with van der Waals surface area (Å²) >= 11 is 0. The van der Waals surface area contributed by atoms with Crippen LogP contribution in [0.25, 0.3) is 11.1 Å². The fraction of sp³-hybridized carbons (Fsp3) is 0.0476. The molecule has 0 spiro atoms. The minimum Gasteiger partial charge on any atom is -0.496 e. The van der Waals surface area contributed by atoms with E-state index in [9.17, 15) is 9.59 Å². The Bertz CT molecular complexity index is 986. The van der Waals surface area contributed by atoms with Crippen molar-refractivity contribution in [2.75, 3.05) is 7.11 Å². The summed E-state index contributed by atoms with van der Waals surface area (Å²) in [4.78, 5) is 25.9. The molecule has 1 aliphatic carbocycles. The maximum Gasteiger partial charge on any atom is 0.195 e. The van der Waals surface area contributed by atoms with E-state index in [4.69, 9.17) is 4.74 Å². The minimum atomic E-state index is -0.123. The molecule has 0 bridgehead atoms. The van der Waals surface area contributed by atoms with Gasteiger partial charge in [0.2, 0.25) is 0 Å². The number of carbonyl (C=O) groups excluding carboxylic acids is 2. The van der Waals surface area contributed by atoms with E-state index >= 15 is 0 Å². The highest BCUT2D eigenvalue weighted by Gasteiger charge is 2.31. The van der Waals surface area contributed by atoms with Crippen molar-refractivity contribution in [3.63, 3.8) is 0 Å². The summed E-state index contributed by atoms with van der Waals surface area (Å²) in [6.45, 7) is 0. The smallest absolute Gasteiger partial charge is 0.195 e. The number of benzene rings is 3. The molecule has 0 amide bonds. The third-order valence-electron chi connectivity index (χ3n) is 4.35. The largest absolute Gasteiger partial charge is 0.496 e. The molecule has 0 saturated carbocycles. The minimum absolute atomic E-state index is 0.114. The molecule has 0 unspecified atom stereocenters. The molecule has 1 aliphatic rings. The third kappa shape index (κ3) is 1.98. The van der Waals surface area contributed by atoms with Crippen molar-refractivity contribution in [1.29, 1.82) is 0 Å². The van der Waals surface area contributed by atoms with Gasteiger partial charge in [0.15, 0.2) is 11.6 Å². The molecule has 0 saturated heterocycles. The molecule has 0 N–H and O–H groups in total. The lowest BCUT2D eigenvalue weighted by Gasteiger charge is -2.21. The lowest BCUT2D eigenvalue weighted by molar-refractivity contribution is 0.0979. The van der Waals surface area contributed by atoms with Gasteiger partial charge < -0.3 is 4.74 Å². The van der Waals surface area contributed by atoms with Crippen LogP contribution < -0.4 is 4.74 Å². The Balaban J connectivity index is 2.02. The molecule has 116 valence electrons. The van der Waals surface area contributed by atoms with Crippen LogP contribution in [0.2, 0.25) is 0 Å². The Labute approximate surface area is 139 Å². The average Bonchev–Trinajstić information content (AvgIpc) is 2.65. The van der Waals surface area contributed by atoms with E-state index in [0.717, 1.165) is 11.1 Å². The summed E-state index contributed by atoms with van der Waals surface area (Å²) in [6, 6.07) is 19.8. The van der Waals surface area contributed by atoms with Crippen LogP contribution in [-0.4, -0.2) is 18.7 Å². The van der Waals surface area contributed by atoms with Crippen LogP contribution in [-0.2, 0) is 0 Å². The monoisotopic (exact) mass is 314 g/mol. The van der Waals surface area contributed by atoms with Gasteiger partial charge in [0, 0.05) is 27.8 Å². The number of ether oxygens (including phenoxy) is 1. The van der Waals surface area contributed by atoms with E-state index in [1.54, 1.807) is 43.5 Å². The van der Waals surface area contributed by atoms with Gasteiger partial charge in [-0.15, -0.1) is 0 Å². The predicted octanol–water partition coefficient (Wildman–Crippen LogP) is 4.14. The second kappa shape index (κ2) is 5.46. The van der Waals surface area contributed by atoms with E-state index in [2.05, 4.69) is 0 Å². The number of carbonyl (C=O) groups is 2. The Morgan fingerprint density at radius 3 is 1.83 bits per heavy atom. The zero-order valence-electron chi connectivity index (χ0n) is 13.1. The van der Waals surface area contributed by atoms with Gasteiger partial charge in [0.25, 0.3) is 0 Å². The summed E-state index contributed by atoms with van der Waals surface area (Å²) in [6.07, 6.45) is 0. The first-order valence-electron chi connectivity index (χ1n) is 7.67. The number of hydrogen-bond donors (Lipinski definition) is 0. The Morgan fingerprint density at radius 1 is 0.583 bits per heavy atom. The van der Waals surface area contributed by atoms with Crippen molar-refractivity contribution in [2.45, 2.75) is 0 Å². The highest BCUT2D eigenvalue weighted by atomic mass is 16.5. The van der Waals surface area contributed by atoms with Crippen LogP contribution >= 0.6 is 0 Å². The van der Waals surface area contributed by atoms with Gasteiger partial charge >= 0.3 is 0 Å². The van der Waals surface area contributed by atoms with Gasteiger partial charge in [0.05, 0.1) is 7.11 Å². The topological polar surface area (TPSA) is 43.4 Å². The van der Waals surface area contributed by atoms with Gasteiger partial charge in [-0.2, -0.15) is 0 Å². The van der Waals surface area contributed by atoms with E-state index in [0.29, 0.717) is 28.0 Å². The first kappa shape index (κ1) is 14.4.